The molecule has 5 heteroatoms. The van der Waals surface area contributed by atoms with Gasteiger partial charge in [0.15, 0.2) is 0 Å². The third-order valence-corrected chi connectivity index (χ3v) is 4.36. The summed E-state index contributed by atoms with van der Waals surface area (Å²) in [5, 5.41) is 14.8. The van der Waals surface area contributed by atoms with Crippen LogP contribution in [0.2, 0.25) is 0 Å². The number of nitrogens with two attached hydrogens (primary N) is 1. The lowest BCUT2D eigenvalue weighted by Crippen LogP contribution is -2.28. The van der Waals surface area contributed by atoms with E-state index in [0.717, 1.165) is 37.2 Å². The molecule has 1 heterocycles. The third kappa shape index (κ3) is 3.80. The Balaban J connectivity index is 1.72. The van der Waals surface area contributed by atoms with Gasteiger partial charge < -0.3 is 16.2 Å². The Morgan fingerprint density at radius 2 is 2.39 bits per heavy atom. The number of thiophene rings is 1. The standard InChI is InChI=1S/C13H20N2O2S/c14-13(17)10-5-12(18-8-10)7-15-6-9-2-1-3-11(16)4-9/h5,8-9,11,15-16H,1-4,6-7H2,(H2,14,17). The van der Waals surface area contributed by atoms with E-state index in [-0.39, 0.29) is 12.0 Å². The SMILES string of the molecule is NC(=O)c1csc(CNCC2CCCC(O)C2)c1. The molecule has 1 aromatic rings. The predicted molar refractivity (Wildman–Crippen MR) is 72.5 cm³/mol. The van der Waals surface area contributed by atoms with Crippen LogP contribution < -0.4 is 11.1 Å². The lowest BCUT2D eigenvalue weighted by molar-refractivity contribution is 0.0996. The van der Waals surface area contributed by atoms with Crippen LogP contribution in [0.25, 0.3) is 0 Å². The molecule has 2 unspecified atom stereocenters. The first-order valence-electron chi connectivity index (χ1n) is 6.41. The summed E-state index contributed by atoms with van der Waals surface area (Å²) in [6.07, 6.45) is 4.06. The van der Waals surface area contributed by atoms with Crippen molar-refractivity contribution in [2.75, 3.05) is 6.54 Å². The van der Waals surface area contributed by atoms with Crippen molar-refractivity contribution in [2.24, 2.45) is 11.7 Å². The number of amides is 1. The summed E-state index contributed by atoms with van der Waals surface area (Å²) in [4.78, 5) is 12.1. The highest BCUT2D eigenvalue weighted by Gasteiger charge is 2.19. The van der Waals surface area contributed by atoms with Gasteiger partial charge in [0.2, 0.25) is 5.91 Å². The fraction of sp³-hybridized carbons (Fsp3) is 0.615. The maximum absolute atomic E-state index is 11.0. The second-order valence-corrected chi connectivity index (χ2v) is 5.98. The van der Waals surface area contributed by atoms with Crippen LogP contribution in [0.5, 0.6) is 0 Å². The predicted octanol–water partition coefficient (Wildman–Crippen LogP) is 1.49. The molecule has 1 saturated carbocycles. The van der Waals surface area contributed by atoms with Crippen molar-refractivity contribution < 1.29 is 9.90 Å². The van der Waals surface area contributed by atoms with Crippen LogP contribution in [0.4, 0.5) is 0 Å². The van der Waals surface area contributed by atoms with Crippen molar-refractivity contribution >= 4 is 17.2 Å². The summed E-state index contributed by atoms with van der Waals surface area (Å²) in [7, 11) is 0. The summed E-state index contributed by atoms with van der Waals surface area (Å²) >= 11 is 1.55. The molecule has 2 rings (SSSR count). The topological polar surface area (TPSA) is 75.4 Å². The van der Waals surface area contributed by atoms with Gasteiger partial charge in [0.25, 0.3) is 0 Å². The highest BCUT2D eigenvalue weighted by atomic mass is 32.1. The summed E-state index contributed by atoms with van der Waals surface area (Å²) in [5.74, 6) is 0.206. The van der Waals surface area contributed by atoms with Crippen molar-refractivity contribution in [3.05, 3.63) is 21.9 Å². The molecule has 0 aliphatic heterocycles. The molecule has 0 spiro atoms. The van der Waals surface area contributed by atoms with Crippen molar-refractivity contribution in [3.8, 4) is 0 Å². The van der Waals surface area contributed by atoms with Crippen LogP contribution in [0.3, 0.4) is 0 Å². The fourth-order valence-corrected chi connectivity index (χ4v) is 3.29. The zero-order chi connectivity index (χ0) is 13.0. The molecular formula is C13H20N2O2S. The first kappa shape index (κ1) is 13.5. The van der Waals surface area contributed by atoms with Crippen molar-refractivity contribution in [1.29, 1.82) is 0 Å². The zero-order valence-corrected chi connectivity index (χ0v) is 11.2. The highest BCUT2D eigenvalue weighted by Crippen LogP contribution is 2.23. The molecule has 4 N–H and O–H groups in total. The van der Waals surface area contributed by atoms with Crippen molar-refractivity contribution in [1.82, 2.24) is 5.32 Å². The van der Waals surface area contributed by atoms with Gasteiger partial charge in [-0.25, -0.2) is 0 Å². The van der Waals surface area contributed by atoms with E-state index in [2.05, 4.69) is 5.32 Å². The second kappa shape index (κ2) is 6.31. The first-order valence-corrected chi connectivity index (χ1v) is 7.29. The smallest absolute Gasteiger partial charge is 0.249 e. The van der Waals surface area contributed by atoms with Crippen LogP contribution in [0.1, 0.15) is 40.9 Å². The molecule has 1 aliphatic carbocycles. The largest absolute Gasteiger partial charge is 0.393 e. The number of rotatable bonds is 5. The molecule has 100 valence electrons. The maximum Gasteiger partial charge on any atom is 0.249 e. The van der Waals surface area contributed by atoms with Crippen LogP contribution >= 0.6 is 11.3 Å². The molecule has 4 nitrogen and oxygen atoms in total. The molecular weight excluding hydrogens is 248 g/mol. The summed E-state index contributed by atoms with van der Waals surface area (Å²) in [5.41, 5.74) is 5.80. The molecule has 1 amide bonds. The van der Waals surface area contributed by atoms with Crippen molar-refractivity contribution in [3.63, 3.8) is 0 Å². The average molecular weight is 268 g/mol. The van der Waals surface area contributed by atoms with Crippen LogP contribution in [0.15, 0.2) is 11.4 Å². The van der Waals surface area contributed by atoms with E-state index in [4.69, 9.17) is 5.73 Å². The maximum atomic E-state index is 11.0. The van der Waals surface area contributed by atoms with Gasteiger partial charge in [-0.05, 0) is 37.8 Å². The van der Waals surface area contributed by atoms with Gasteiger partial charge in [0.1, 0.15) is 0 Å². The summed E-state index contributed by atoms with van der Waals surface area (Å²) in [6.45, 7) is 1.70. The number of aliphatic hydroxyl groups is 1. The van der Waals surface area contributed by atoms with E-state index < -0.39 is 0 Å². The summed E-state index contributed by atoms with van der Waals surface area (Å²) < 4.78 is 0. The Labute approximate surface area is 111 Å². The van der Waals surface area contributed by atoms with Gasteiger partial charge >= 0.3 is 0 Å². The second-order valence-electron chi connectivity index (χ2n) is 4.98. The Kier molecular flexibility index (Phi) is 4.74. The monoisotopic (exact) mass is 268 g/mol. The number of aliphatic hydroxyl groups excluding tert-OH is 1. The Hall–Kier alpha value is -0.910. The van der Waals surface area contributed by atoms with E-state index in [1.807, 2.05) is 6.07 Å². The molecule has 1 fully saturated rings. The van der Waals surface area contributed by atoms with E-state index >= 15 is 0 Å². The van der Waals surface area contributed by atoms with Gasteiger partial charge in [-0.3, -0.25) is 4.79 Å². The quantitative estimate of drug-likeness (QED) is 0.757. The molecule has 0 aromatic carbocycles. The Bertz CT molecular complexity index is 405. The lowest BCUT2D eigenvalue weighted by Gasteiger charge is -2.25. The minimum absolute atomic E-state index is 0.117. The molecule has 0 saturated heterocycles. The van der Waals surface area contributed by atoms with Crippen LogP contribution in [0, 0.1) is 5.92 Å². The Morgan fingerprint density at radius 1 is 1.56 bits per heavy atom. The molecule has 0 radical (unpaired) electrons. The fourth-order valence-electron chi connectivity index (χ4n) is 2.45. The van der Waals surface area contributed by atoms with Crippen molar-refractivity contribution in [2.45, 2.75) is 38.3 Å². The van der Waals surface area contributed by atoms with Gasteiger partial charge in [-0.2, -0.15) is 0 Å². The molecule has 18 heavy (non-hydrogen) atoms. The number of hydrogen-bond acceptors (Lipinski definition) is 4. The zero-order valence-electron chi connectivity index (χ0n) is 10.4. The minimum atomic E-state index is -0.368. The number of nitrogens with one attached hydrogen (secondary N) is 1. The van der Waals surface area contributed by atoms with Crippen LogP contribution in [-0.4, -0.2) is 23.7 Å². The van der Waals surface area contributed by atoms with Gasteiger partial charge in [-0.15, -0.1) is 11.3 Å². The minimum Gasteiger partial charge on any atom is -0.393 e. The van der Waals surface area contributed by atoms with E-state index in [1.165, 1.54) is 6.42 Å². The number of carbonyl (C=O) groups is 1. The number of carbonyl (C=O) groups excluding carboxylic acids is 1. The molecule has 1 aliphatic rings. The number of primary amides is 1. The summed E-state index contributed by atoms with van der Waals surface area (Å²) in [6, 6.07) is 1.84. The normalized spacial score (nSPS) is 24.1. The molecule has 2 atom stereocenters. The third-order valence-electron chi connectivity index (χ3n) is 3.43. The van der Waals surface area contributed by atoms with E-state index in [9.17, 15) is 9.90 Å². The van der Waals surface area contributed by atoms with Gasteiger partial charge in [0.05, 0.1) is 11.7 Å². The van der Waals surface area contributed by atoms with Crippen LogP contribution in [-0.2, 0) is 6.54 Å². The first-order chi connectivity index (χ1) is 8.65. The molecule has 1 aromatic heterocycles. The highest BCUT2D eigenvalue weighted by molar-refractivity contribution is 7.10. The van der Waals surface area contributed by atoms with Gasteiger partial charge in [0, 0.05) is 16.8 Å². The Morgan fingerprint density at radius 3 is 3.06 bits per heavy atom. The van der Waals surface area contributed by atoms with E-state index in [1.54, 1.807) is 16.7 Å². The van der Waals surface area contributed by atoms with Gasteiger partial charge in [-0.1, -0.05) is 6.42 Å². The number of hydrogen-bond donors (Lipinski definition) is 3. The molecule has 0 bridgehead atoms. The average Bonchev–Trinajstić information content (AvgIpc) is 2.78. The van der Waals surface area contributed by atoms with E-state index in [0.29, 0.717) is 11.5 Å². The lowest BCUT2D eigenvalue weighted by atomic mass is 9.87.